The number of rotatable bonds is 8. The number of ether oxygens (including phenoxy) is 4. The van der Waals surface area contributed by atoms with Crippen molar-refractivity contribution in [2.24, 2.45) is 17.8 Å². The maximum Gasteiger partial charge on any atom is 0.409 e. The Kier molecular flexibility index (Phi) is 8.62. The van der Waals surface area contributed by atoms with Gasteiger partial charge in [0.25, 0.3) is 0 Å². The molecule has 3 aliphatic rings. The minimum absolute atomic E-state index is 0.117. The highest BCUT2D eigenvalue weighted by atomic mass is 16.6. The maximum atomic E-state index is 12.9. The van der Waals surface area contributed by atoms with Crippen LogP contribution in [-0.4, -0.2) is 86.7 Å². The van der Waals surface area contributed by atoms with Crippen LogP contribution in [-0.2, 0) is 20.7 Å². The highest BCUT2D eigenvalue weighted by Gasteiger charge is 2.40. The lowest BCUT2D eigenvalue weighted by Crippen LogP contribution is -2.49. The predicted molar refractivity (Wildman–Crippen MR) is 134 cm³/mol. The van der Waals surface area contributed by atoms with Gasteiger partial charge in [-0.15, -0.1) is 0 Å². The molecule has 36 heavy (non-hydrogen) atoms. The third kappa shape index (κ3) is 6.06. The number of carboxylic acids is 1. The summed E-state index contributed by atoms with van der Waals surface area (Å²) >= 11 is 0. The van der Waals surface area contributed by atoms with E-state index < -0.39 is 12.1 Å². The Hall–Kier alpha value is -2.52. The molecule has 9 nitrogen and oxygen atoms in total. The molecule has 0 radical (unpaired) electrons. The molecule has 0 aromatic heterocycles. The summed E-state index contributed by atoms with van der Waals surface area (Å²) in [6, 6.07) is 4.48. The molecule has 3 aliphatic heterocycles. The van der Waals surface area contributed by atoms with Gasteiger partial charge in [-0.1, -0.05) is 13.8 Å². The van der Waals surface area contributed by atoms with E-state index in [1.807, 2.05) is 0 Å². The van der Waals surface area contributed by atoms with E-state index in [-0.39, 0.29) is 31.0 Å². The third-order valence-corrected chi connectivity index (χ3v) is 7.77. The van der Waals surface area contributed by atoms with Gasteiger partial charge in [0.05, 0.1) is 46.5 Å². The number of aliphatic carboxylic acids is 1. The summed E-state index contributed by atoms with van der Waals surface area (Å²) in [5.74, 6) is 1.82. The fraction of sp³-hybridized carbons (Fsp3) is 0.704. The lowest BCUT2D eigenvalue weighted by atomic mass is 9.74. The molecule has 2 saturated heterocycles. The van der Waals surface area contributed by atoms with Crippen molar-refractivity contribution in [3.05, 3.63) is 23.3 Å². The molecule has 1 aromatic rings. The second-order valence-electron chi connectivity index (χ2n) is 10.7. The van der Waals surface area contributed by atoms with Crippen LogP contribution in [0.4, 0.5) is 4.79 Å². The van der Waals surface area contributed by atoms with E-state index in [4.69, 9.17) is 24.1 Å². The van der Waals surface area contributed by atoms with Gasteiger partial charge in [-0.2, -0.15) is 0 Å². The molecule has 4 unspecified atom stereocenters. The lowest BCUT2D eigenvalue weighted by molar-refractivity contribution is -0.141. The number of carbonyl (C=O) groups is 2. The van der Waals surface area contributed by atoms with Crippen molar-refractivity contribution in [3.63, 3.8) is 0 Å². The molecule has 1 amide bonds. The van der Waals surface area contributed by atoms with Crippen molar-refractivity contribution in [3.8, 4) is 11.5 Å². The smallest absolute Gasteiger partial charge is 0.409 e. The monoisotopic (exact) mass is 504 g/mol. The number of amides is 1. The maximum absolute atomic E-state index is 12.9. The number of nitrogens with zero attached hydrogens (tertiary/aromatic N) is 2. The molecule has 1 N–H and O–H groups in total. The average Bonchev–Trinajstić information content (AvgIpc) is 2.85. The molecule has 3 heterocycles. The fourth-order valence-corrected chi connectivity index (χ4v) is 6.05. The van der Waals surface area contributed by atoms with E-state index in [0.717, 1.165) is 43.9 Å². The van der Waals surface area contributed by atoms with Crippen molar-refractivity contribution < 1.29 is 33.6 Å². The number of morpholine rings is 1. The van der Waals surface area contributed by atoms with Gasteiger partial charge in [0.2, 0.25) is 0 Å². The Bertz CT molecular complexity index is 937. The first-order valence-electron chi connectivity index (χ1n) is 13.0. The van der Waals surface area contributed by atoms with E-state index >= 15 is 0 Å². The number of hydrogen-bond acceptors (Lipinski definition) is 7. The van der Waals surface area contributed by atoms with Gasteiger partial charge in [-0.3, -0.25) is 9.69 Å². The van der Waals surface area contributed by atoms with E-state index in [1.54, 1.807) is 19.1 Å². The summed E-state index contributed by atoms with van der Waals surface area (Å²) in [5, 5.41) is 9.06. The van der Waals surface area contributed by atoms with Crippen LogP contribution in [0.25, 0.3) is 0 Å². The van der Waals surface area contributed by atoms with Crippen molar-refractivity contribution in [1.29, 1.82) is 0 Å². The molecular formula is C27H40N2O7. The SMILES string of the molecule is COc1cc2c(cc1OC)C1CC(COC(=O)N3CCOC(CC(=O)O)C3)C(CC(C)C)CN1CC2. The van der Waals surface area contributed by atoms with Gasteiger partial charge in [-0.25, -0.2) is 4.79 Å². The highest BCUT2D eigenvalue weighted by Crippen LogP contribution is 2.45. The summed E-state index contributed by atoms with van der Waals surface area (Å²) in [6.45, 7) is 7.83. The number of methoxy groups -OCH3 is 2. The first-order valence-corrected chi connectivity index (χ1v) is 13.0. The van der Waals surface area contributed by atoms with Gasteiger partial charge in [0.1, 0.15) is 0 Å². The minimum atomic E-state index is -0.930. The molecule has 4 rings (SSSR count). The Labute approximate surface area is 213 Å². The molecule has 9 heteroatoms. The van der Waals surface area contributed by atoms with Crippen LogP contribution in [0.1, 0.15) is 50.3 Å². The van der Waals surface area contributed by atoms with Gasteiger partial charge < -0.3 is 29.0 Å². The standard InChI is InChI=1S/C27H40N2O7/c1-17(2)9-19-14-28-6-5-18-11-24(33-3)25(34-4)13-22(18)23(28)10-20(19)16-36-27(32)29-7-8-35-21(15-29)12-26(30)31/h11,13,17,19-21,23H,5-10,12,14-16H2,1-4H3,(H,30,31). The van der Waals surface area contributed by atoms with Gasteiger partial charge >= 0.3 is 12.1 Å². The number of carbonyl (C=O) groups excluding carboxylic acids is 1. The molecule has 0 aliphatic carbocycles. The van der Waals surface area contributed by atoms with E-state index in [9.17, 15) is 9.59 Å². The summed E-state index contributed by atoms with van der Waals surface area (Å²) in [4.78, 5) is 28.1. The molecule has 1 aromatic carbocycles. The summed E-state index contributed by atoms with van der Waals surface area (Å²) in [7, 11) is 3.33. The molecule has 0 spiro atoms. The zero-order valence-electron chi connectivity index (χ0n) is 21.9. The summed E-state index contributed by atoms with van der Waals surface area (Å²) < 4.78 is 22.5. The van der Waals surface area contributed by atoms with E-state index in [1.165, 1.54) is 11.1 Å². The largest absolute Gasteiger partial charge is 0.493 e. The van der Waals surface area contributed by atoms with Crippen molar-refractivity contribution >= 4 is 12.1 Å². The topological polar surface area (TPSA) is 97.8 Å². The normalized spacial score (nSPS) is 26.2. The molecular weight excluding hydrogens is 464 g/mol. The zero-order chi connectivity index (χ0) is 25.8. The van der Waals surface area contributed by atoms with Crippen LogP contribution < -0.4 is 9.47 Å². The Morgan fingerprint density at radius 3 is 2.56 bits per heavy atom. The number of benzene rings is 1. The van der Waals surface area contributed by atoms with Gasteiger partial charge in [0.15, 0.2) is 11.5 Å². The molecule has 200 valence electrons. The van der Waals surface area contributed by atoms with Crippen LogP contribution in [0.2, 0.25) is 0 Å². The third-order valence-electron chi connectivity index (χ3n) is 7.77. The van der Waals surface area contributed by atoms with E-state index in [0.29, 0.717) is 31.6 Å². The quantitative estimate of drug-likeness (QED) is 0.574. The minimum Gasteiger partial charge on any atom is -0.493 e. The first kappa shape index (κ1) is 26.5. The Morgan fingerprint density at radius 1 is 1.11 bits per heavy atom. The summed E-state index contributed by atoms with van der Waals surface area (Å²) in [5.41, 5.74) is 2.58. The molecule has 0 bridgehead atoms. The number of carboxylic acid groups (broad SMARTS) is 1. The lowest BCUT2D eigenvalue weighted by Gasteiger charge is -2.47. The number of hydrogen-bond donors (Lipinski definition) is 1. The van der Waals surface area contributed by atoms with Crippen LogP contribution >= 0.6 is 0 Å². The van der Waals surface area contributed by atoms with E-state index in [2.05, 4.69) is 30.9 Å². The zero-order valence-corrected chi connectivity index (χ0v) is 21.9. The van der Waals surface area contributed by atoms with Crippen molar-refractivity contribution in [1.82, 2.24) is 9.80 Å². The van der Waals surface area contributed by atoms with Crippen LogP contribution in [0, 0.1) is 17.8 Å². The Balaban J connectivity index is 1.46. The summed E-state index contributed by atoms with van der Waals surface area (Å²) in [6.07, 6.45) is 1.99. The van der Waals surface area contributed by atoms with Crippen LogP contribution in [0.15, 0.2) is 12.1 Å². The highest BCUT2D eigenvalue weighted by molar-refractivity contribution is 5.69. The van der Waals surface area contributed by atoms with Gasteiger partial charge in [0, 0.05) is 25.7 Å². The molecule has 4 atom stereocenters. The van der Waals surface area contributed by atoms with Crippen LogP contribution in [0.3, 0.4) is 0 Å². The number of fused-ring (bicyclic) bond motifs is 3. The Morgan fingerprint density at radius 2 is 1.86 bits per heavy atom. The van der Waals surface area contributed by atoms with Crippen LogP contribution in [0.5, 0.6) is 11.5 Å². The van der Waals surface area contributed by atoms with Crippen molar-refractivity contribution in [2.75, 3.05) is 53.6 Å². The second-order valence-corrected chi connectivity index (χ2v) is 10.7. The molecule has 2 fully saturated rings. The second kappa shape index (κ2) is 11.7. The average molecular weight is 505 g/mol. The van der Waals surface area contributed by atoms with Gasteiger partial charge in [-0.05, 0) is 60.3 Å². The van der Waals surface area contributed by atoms with Crippen molar-refractivity contribution in [2.45, 2.75) is 51.7 Å². The first-order chi connectivity index (χ1) is 17.3. The number of piperidine rings is 1. The fourth-order valence-electron chi connectivity index (χ4n) is 6.05. The molecule has 0 saturated carbocycles. The predicted octanol–water partition coefficient (Wildman–Crippen LogP) is 3.60.